The van der Waals surface area contributed by atoms with E-state index in [2.05, 4.69) is 81.5 Å². The molecule has 0 bridgehead atoms. The van der Waals surface area contributed by atoms with Crippen LogP contribution in [-0.4, -0.2) is 66.5 Å². The van der Waals surface area contributed by atoms with Crippen molar-refractivity contribution < 1.29 is 52.2 Å². The molecule has 0 aromatic heterocycles. The normalized spacial score (nSPS) is 13.9. The number of phosphoric ester groups is 1. The van der Waals surface area contributed by atoms with E-state index in [-0.39, 0.29) is 25.9 Å². The van der Waals surface area contributed by atoms with Crippen LogP contribution in [0.5, 0.6) is 0 Å². The van der Waals surface area contributed by atoms with Crippen LogP contribution in [0.1, 0.15) is 265 Å². The molecule has 0 radical (unpaired) electrons. The van der Waals surface area contributed by atoms with Crippen LogP contribution in [0.25, 0.3) is 0 Å². The molecule has 0 rings (SSSR count). The highest BCUT2D eigenvalue weighted by Crippen LogP contribution is 2.43. The number of hydrogen-bond acceptors (Lipinski definition) is 10. The van der Waals surface area contributed by atoms with E-state index in [1.165, 1.54) is 109 Å². The van der Waals surface area contributed by atoms with Crippen LogP contribution in [0.4, 0.5) is 0 Å². The minimum absolute atomic E-state index is 0.0890. The third kappa shape index (κ3) is 53.7. The first kappa shape index (κ1) is 70.9. The van der Waals surface area contributed by atoms with E-state index in [9.17, 15) is 28.9 Å². The van der Waals surface area contributed by atoms with Crippen molar-refractivity contribution in [3.63, 3.8) is 0 Å². The fraction of sp³-hybridized carbons (Fsp3) is 0.758. The van der Waals surface area contributed by atoms with Crippen LogP contribution >= 0.6 is 7.82 Å². The molecule has 0 heterocycles. The molecule has 0 aromatic rings. The van der Waals surface area contributed by atoms with Crippen molar-refractivity contribution in [2.24, 2.45) is 0 Å². The van der Waals surface area contributed by atoms with Gasteiger partial charge in [0.2, 0.25) is 0 Å². The molecule has 0 fully saturated rings. The number of carbonyl (C=O) groups excluding carboxylic acids is 3. The van der Waals surface area contributed by atoms with E-state index in [0.717, 1.165) is 89.9 Å². The first-order valence-corrected chi connectivity index (χ1v) is 31.3. The van der Waals surface area contributed by atoms with E-state index in [0.29, 0.717) is 25.7 Å². The average Bonchev–Trinajstić information content (AvgIpc) is 3.39. The van der Waals surface area contributed by atoms with Crippen molar-refractivity contribution in [3.05, 3.63) is 72.9 Å². The zero-order valence-corrected chi connectivity index (χ0v) is 48.2. The lowest BCUT2D eigenvalue weighted by Gasteiger charge is -2.21. The van der Waals surface area contributed by atoms with Crippen molar-refractivity contribution >= 4 is 25.7 Å². The number of phosphoric acid groups is 1. The third-order valence-electron chi connectivity index (χ3n) is 12.6. The fourth-order valence-corrected chi connectivity index (χ4v) is 8.88. The van der Waals surface area contributed by atoms with Gasteiger partial charge in [0, 0.05) is 19.3 Å². The number of carbonyl (C=O) groups is 3. The lowest BCUT2D eigenvalue weighted by molar-refractivity contribution is -0.161. The van der Waals surface area contributed by atoms with E-state index < -0.39 is 57.8 Å². The number of esters is 3. The van der Waals surface area contributed by atoms with Gasteiger partial charge in [-0.3, -0.25) is 23.4 Å². The molecule has 428 valence electrons. The third-order valence-corrected chi connectivity index (χ3v) is 13.6. The molecular weight excluding hydrogens is 952 g/mol. The van der Waals surface area contributed by atoms with Crippen molar-refractivity contribution in [3.8, 4) is 0 Å². The molecule has 0 saturated heterocycles. The SMILES string of the molecule is CC/C=C\C/C=C\C/C=C\C/C=C\C/C=C\CCCC(=O)OC(COC(=O)CCCCCCCCCCCCCCCCC)COP(=O)(O)OCC(CO)OC(=O)CCCCCCC/C=C\CCCCCCCC. The first-order valence-electron chi connectivity index (χ1n) is 29.8. The Balaban J connectivity index is 4.79. The van der Waals surface area contributed by atoms with Crippen molar-refractivity contribution in [1.29, 1.82) is 0 Å². The summed E-state index contributed by atoms with van der Waals surface area (Å²) in [6.07, 6.45) is 62.9. The zero-order chi connectivity index (χ0) is 54.1. The number of hydrogen-bond donors (Lipinski definition) is 2. The van der Waals surface area contributed by atoms with Gasteiger partial charge in [-0.15, -0.1) is 0 Å². The zero-order valence-electron chi connectivity index (χ0n) is 47.3. The van der Waals surface area contributed by atoms with Crippen LogP contribution in [0.15, 0.2) is 72.9 Å². The average molecular weight is 1060 g/mol. The predicted molar refractivity (Wildman–Crippen MR) is 307 cm³/mol. The highest BCUT2D eigenvalue weighted by atomic mass is 31.2. The highest BCUT2D eigenvalue weighted by molar-refractivity contribution is 7.47. The molecule has 12 heteroatoms. The second-order valence-corrected chi connectivity index (χ2v) is 21.2. The molecule has 0 aliphatic rings. The van der Waals surface area contributed by atoms with Crippen molar-refractivity contribution in [1.82, 2.24) is 0 Å². The van der Waals surface area contributed by atoms with Gasteiger partial charge in [-0.25, -0.2) is 4.57 Å². The number of rotatable bonds is 55. The number of aliphatic hydroxyl groups excluding tert-OH is 1. The van der Waals surface area contributed by atoms with Gasteiger partial charge in [-0.05, 0) is 83.5 Å². The number of ether oxygens (including phenoxy) is 3. The van der Waals surface area contributed by atoms with Gasteiger partial charge in [-0.1, -0.05) is 235 Å². The Morgan fingerprint density at radius 2 is 0.716 bits per heavy atom. The van der Waals surface area contributed by atoms with Gasteiger partial charge in [-0.2, -0.15) is 0 Å². The fourth-order valence-electron chi connectivity index (χ4n) is 8.09. The van der Waals surface area contributed by atoms with E-state index in [4.69, 9.17) is 23.3 Å². The Bertz CT molecular complexity index is 1520. The smallest absolute Gasteiger partial charge is 0.462 e. The quantitative estimate of drug-likeness (QED) is 0.0197. The maximum Gasteiger partial charge on any atom is 0.472 e. The molecule has 0 aliphatic carbocycles. The minimum atomic E-state index is -4.77. The molecule has 3 atom stereocenters. The summed E-state index contributed by atoms with van der Waals surface area (Å²) in [6.45, 7) is 4.48. The molecule has 3 unspecified atom stereocenters. The summed E-state index contributed by atoms with van der Waals surface area (Å²) < 4.78 is 39.5. The molecule has 0 amide bonds. The van der Waals surface area contributed by atoms with Crippen LogP contribution in [0, 0.1) is 0 Å². The summed E-state index contributed by atoms with van der Waals surface area (Å²) in [5.41, 5.74) is 0. The summed E-state index contributed by atoms with van der Waals surface area (Å²) >= 11 is 0. The summed E-state index contributed by atoms with van der Waals surface area (Å²) in [7, 11) is -4.77. The summed E-state index contributed by atoms with van der Waals surface area (Å²) in [5.74, 6) is -1.54. The molecule has 0 spiro atoms. The Kier molecular flexibility index (Phi) is 53.8. The minimum Gasteiger partial charge on any atom is -0.462 e. The standard InChI is InChI=1S/C62H109O11P/c1-4-7-10-13-16-19-22-25-28-29-32-35-38-41-44-47-50-53-62(66)73-59(55-69-60(64)51-48-45-42-39-36-33-30-26-23-20-17-14-11-8-5-2)57-71-74(67,68)70-56-58(54-63)72-61(65)52-49-46-43-40-37-34-31-27-24-21-18-15-12-9-6-3/h7,10,16,19,25,27-28,31-32,35,41,44,58-59,63H,4-6,8-9,11-15,17-18,20-24,26,29-30,33-34,36-40,42-43,45-57H2,1-3H3,(H,67,68)/b10-7-,19-16-,28-25-,31-27-,35-32-,44-41-. The van der Waals surface area contributed by atoms with Crippen LogP contribution in [0.2, 0.25) is 0 Å². The first-order chi connectivity index (χ1) is 36.2. The van der Waals surface area contributed by atoms with Gasteiger partial charge >= 0.3 is 25.7 Å². The lowest BCUT2D eigenvalue weighted by Crippen LogP contribution is -2.30. The van der Waals surface area contributed by atoms with Crippen LogP contribution < -0.4 is 0 Å². The lowest BCUT2D eigenvalue weighted by atomic mass is 10.0. The van der Waals surface area contributed by atoms with E-state index in [1.807, 2.05) is 12.2 Å². The molecule has 0 aliphatic heterocycles. The number of unbranched alkanes of at least 4 members (excludes halogenated alkanes) is 26. The molecule has 0 aromatic carbocycles. The van der Waals surface area contributed by atoms with Gasteiger partial charge < -0.3 is 24.2 Å². The molecule has 74 heavy (non-hydrogen) atoms. The Hall–Kier alpha value is -3.08. The second-order valence-electron chi connectivity index (χ2n) is 19.8. The van der Waals surface area contributed by atoms with Gasteiger partial charge in [0.25, 0.3) is 0 Å². The maximum absolute atomic E-state index is 12.9. The Labute approximate surface area is 452 Å². The van der Waals surface area contributed by atoms with E-state index >= 15 is 0 Å². The summed E-state index contributed by atoms with van der Waals surface area (Å²) in [6, 6.07) is 0. The monoisotopic (exact) mass is 1060 g/mol. The number of aliphatic hydroxyl groups is 1. The Morgan fingerprint density at radius 1 is 0.392 bits per heavy atom. The van der Waals surface area contributed by atoms with Crippen LogP contribution in [-0.2, 0) is 42.2 Å². The van der Waals surface area contributed by atoms with Crippen molar-refractivity contribution in [2.75, 3.05) is 26.4 Å². The largest absolute Gasteiger partial charge is 0.472 e. The summed E-state index contributed by atoms with van der Waals surface area (Å²) in [5, 5.41) is 9.82. The second kappa shape index (κ2) is 56.1. The summed E-state index contributed by atoms with van der Waals surface area (Å²) in [4.78, 5) is 48.6. The maximum atomic E-state index is 12.9. The number of allylic oxidation sites excluding steroid dienone is 12. The van der Waals surface area contributed by atoms with E-state index in [1.54, 1.807) is 0 Å². The molecule has 0 saturated carbocycles. The topological polar surface area (TPSA) is 155 Å². The van der Waals surface area contributed by atoms with Gasteiger partial charge in [0.1, 0.15) is 12.7 Å². The highest BCUT2D eigenvalue weighted by Gasteiger charge is 2.28. The van der Waals surface area contributed by atoms with Crippen LogP contribution in [0.3, 0.4) is 0 Å². The Morgan fingerprint density at radius 3 is 1.15 bits per heavy atom. The molecule has 2 N–H and O–H groups in total. The van der Waals surface area contributed by atoms with Crippen molar-refractivity contribution in [2.45, 2.75) is 277 Å². The van der Waals surface area contributed by atoms with Gasteiger partial charge in [0.05, 0.1) is 19.8 Å². The molecule has 11 nitrogen and oxygen atoms in total. The van der Waals surface area contributed by atoms with Gasteiger partial charge in [0.15, 0.2) is 6.10 Å². The molecular formula is C62H109O11P. The predicted octanol–water partition coefficient (Wildman–Crippen LogP) is 17.7.